The molecule has 0 aromatic heterocycles. The highest BCUT2D eigenvalue weighted by molar-refractivity contribution is 6.30. The second-order valence-corrected chi connectivity index (χ2v) is 6.96. The van der Waals surface area contributed by atoms with Crippen molar-refractivity contribution < 1.29 is 14.3 Å². The third-order valence-corrected chi connectivity index (χ3v) is 4.87. The maximum Gasteiger partial charge on any atom is 0.263 e. The first-order chi connectivity index (χ1) is 13.5. The Hall–Kier alpha value is -3.04. The number of carbonyl (C=O) groups excluding carboxylic acids is 2. The Morgan fingerprint density at radius 1 is 1.00 bits per heavy atom. The molecule has 1 atom stereocenters. The first-order valence-electron chi connectivity index (χ1n) is 8.98. The summed E-state index contributed by atoms with van der Waals surface area (Å²) in [6.45, 7) is 3.55. The fourth-order valence-electron chi connectivity index (χ4n) is 3.02. The number of rotatable bonds is 4. The molecule has 7 heteroatoms. The third-order valence-electron chi connectivity index (χ3n) is 4.61. The molecule has 144 valence electrons. The maximum absolute atomic E-state index is 12.6. The van der Waals surface area contributed by atoms with Crippen LogP contribution in [0.3, 0.4) is 0 Å². The number of benzene rings is 2. The minimum absolute atomic E-state index is 0.0642. The van der Waals surface area contributed by atoms with Crippen LogP contribution in [0.2, 0.25) is 5.02 Å². The van der Waals surface area contributed by atoms with E-state index < -0.39 is 6.10 Å². The first kappa shape index (κ1) is 19.7. The van der Waals surface area contributed by atoms with Crippen LogP contribution in [-0.2, 0) is 4.79 Å². The van der Waals surface area contributed by atoms with Crippen LogP contribution in [-0.4, -0.2) is 53.9 Å². The summed E-state index contributed by atoms with van der Waals surface area (Å²) in [5.41, 5.74) is 1.12. The van der Waals surface area contributed by atoms with Gasteiger partial charge in [-0.25, -0.2) is 0 Å². The van der Waals surface area contributed by atoms with E-state index in [0.29, 0.717) is 48.1 Å². The average molecular weight is 398 g/mol. The predicted octanol–water partition coefficient (Wildman–Crippen LogP) is 2.96. The molecule has 3 rings (SSSR count). The second kappa shape index (κ2) is 8.77. The zero-order chi connectivity index (χ0) is 20.1. The molecule has 0 aliphatic carbocycles. The number of hydrogen-bond acceptors (Lipinski definition) is 4. The smallest absolute Gasteiger partial charge is 0.263 e. The van der Waals surface area contributed by atoms with Crippen molar-refractivity contribution in [2.45, 2.75) is 13.0 Å². The van der Waals surface area contributed by atoms with Crippen LogP contribution in [0.5, 0.6) is 5.75 Å². The molecule has 1 heterocycles. The van der Waals surface area contributed by atoms with Crippen LogP contribution < -0.4 is 4.74 Å². The Labute approximate surface area is 168 Å². The molecule has 2 amide bonds. The third kappa shape index (κ3) is 4.62. The van der Waals surface area contributed by atoms with Gasteiger partial charge in [-0.3, -0.25) is 9.59 Å². The van der Waals surface area contributed by atoms with E-state index in [1.807, 2.05) is 6.07 Å². The van der Waals surface area contributed by atoms with E-state index in [0.717, 1.165) is 0 Å². The molecule has 0 bridgehead atoms. The number of piperazine rings is 1. The molecule has 1 aliphatic rings. The molecule has 28 heavy (non-hydrogen) atoms. The van der Waals surface area contributed by atoms with Gasteiger partial charge in [0.2, 0.25) is 0 Å². The number of hydrogen-bond donors (Lipinski definition) is 0. The number of ether oxygens (including phenoxy) is 1. The lowest BCUT2D eigenvalue weighted by atomic mass is 10.1. The normalized spacial score (nSPS) is 14.9. The molecule has 1 unspecified atom stereocenters. The van der Waals surface area contributed by atoms with Crippen molar-refractivity contribution in [2.24, 2.45) is 0 Å². The fourth-order valence-corrected chi connectivity index (χ4v) is 3.15. The molecule has 0 radical (unpaired) electrons. The molecule has 0 N–H and O–H groups in total. The van der Waals surface area contributed by atoms with Crippen LogP contribution >= 0.6 is 11.6 Å². The molecule has 6 nitrogen and oxygen atoms in total. The molecule has 0 saturated carbocycles. The lowest BCUT2D eigenvalue weighted by Crippen LogP contribution is -2.53. The summed E-state index contributed by atoms with van der Waals surface area (Å²) in [6.07, 6.45) is -0.647. The Morgan fingerprint density at radius 2 is 1.57 bits per heavy atom. The van der Waals surface area contributed by atoms with Crippen LogP contribution in [0.15, 0.2) is 48.5 Å². The van der Waals surface area contributed by atoms with Gasteiger partial charge in [0.1, 0.15) is 5.75 Å². The number of amides is 2. The molecule has 2 aromatic rings. The highest BCUT2D eigenvalue weighted by Crippen LogP contribution is 2.16. The largest absolute Gasteiger partial charge is 0.481 e. The highest BCUT2D eigenvalue weighted by Gasteiger charge is 2.28. The molecule has 2 aromatic carbocycles. The SMILES string of the molecule is CC(Oc1ccc(C#N)cc1)C(=O)N1CCN(C(=O)c2ccc(Cl)cc2)CC1. The average Bonchev–Trinajstić information content (AvgIpc) is 2.74. The van der Waals surface area contributed by atoms with Crippen molar-refractivity contribution in [3.8, 4) is 11.8 Å². The van der Waals surface area contributed by atoms with Gasteiger partial charge in [-0.15, -0.1) is 0 Å². The second-order valence-electron chi connectivity index (χ2n) is 6.52. The minimum atomic E-state index is -0.647. The summed E-state index contributed by atoms with van der Waals surface area (Å²) < 4.78 is 5.69. The Bertz CT molecular complexity index is 883. The monoisotopic (exact) mass is 397 g/mol. The van der Waals surface area contributed by atoms with Gasteiger partial charge in [0.05, 0.1) is 11.6 Å². The van der Waals surface area contributed by atoms with Gasteiger partial charge in [-0.2, -0.15) is 5.26 Å². The van der Waals surface area contributed by atoms with E-state index in [9.17, 15) is 9.59 Å². The summed E-state index contributed by atoms with van der Waals surface area (Å²) >= 11 is 5.86. The zero-order valence-electron chi connectivity index (χ0n) is 15.5. The van der Waals surface area contributed by atoms with Crippen molar-refractivity contribution in [2.75, 3.05) is 26.2 Å². The van der Waals surface area contributed by atoms with Crippen LogP contribution in [0.25, 0.3) is 0 Å². The number of nitriles is 1. The van der Waals surface area contributed by atoms with Crippen LogP contribution in [0.1, 0.15) is 22.8 Å². The van der Waals surface area contributed by atoms with Gasteiger partial charge in [0.25, 0.3) is 11.8 Å². The summed E-state index contributed by atoms with van der Waals surface area (Å²) in [7, 11) is 0. The maximum atomic E-state index is 12.6. The van der Waals surface area contributed by atoms with Crippen molar-refractivity contribution in [3.05, 3.63) is 64.7 Å². The Balaban J connectivity index is 1.53. The molecule has 1 aliphatic heterocycles. The van der Waals surface area contributed by atoms with Crippen LogP contribution in [0.4, 0.5) is 0 Å². The zero-order valence-corrected chi connectivity index (χ0v) is 16.2. The van der Waals surface area contributed by atoms with Crippen molar-refractivity contribution in [3.63, 3.8) is 0 Å². The molecular weight excluding hydrogens is 378 g/mol. The summed E-state index contributed by atoms with van der Waals surface area (Å²) in [5.74, 6) is 0.352. The van der Waals surface area contributed by atoms with Gasteiger partial charge in [0.15, 0.2) is 6.10 Å². The molecule has 1 fully saturated rings. The first-order valence-corrected chi connectivity index (χ1v) is 9.36. The molecular formula is C21H20ClN3O3. The Morgan fingerprint density at radius 3 is 2.14 bits per heavy atom. The van der Waals surface area contributed by atoms with Crippen molar-refractivity contribution in [1.82, 2.24) is 9.80 Å². The summed E-state index contributed by atoms with van der Waals surface area (Å²) in [5, 5.41) is 9.41. The van der Waals surface area contributed by atoms with Gasteiger partial charge in [0, 0.05) is 36.8 Å². The summed E-state index contributed by atoms with van der Waals surface area (Å²) in [4.78, 5) is 28.6. The van der Waals surface area contributed by atoms with Crippen molar-refractivity contribution in [1.29, 1.82) is 5.26 Å². The Kier molecular flexibility index (Phi) is 6.17. The fraction of sp³-hybridized carbons (Fsp3) is 0.286. The quantitative estimate of drug-likeness (QED) is 0.795. The lowest BCUT2D eigenvalue weighted by Gasteiger charge is -2.36. The summed E-state index contributed by atoms with van der Waals surface area (Å²) in [6, 6.07) is 15.5. The highest BCUT2D eigenvalue weighted by atomic mass is 35.5. The topological polar surface area (TPSA) is 73.6 Å². The van der Waals surface area contributed by atoms with Crippen molar-refractivity contribution >= 4 is 23.4 Å². The molecule has 0 spiro atoms. The van der Waals surface area contributed by atoms with Crippen LogP contribution in [0, 0.1) is 11.3 Å². The number of halogens is 1. The number of nitrogens with zero attached hydrogens (tertiary/aromatic N) is 3. The van der Waals surface area contributed by atoms with Gasteiger partial charge >= 0.3 is 0 Å². The molecule has 1 saturated heterocycles. The van der Waals surface area contributed by atoms with Gasteiger partial charge < -0.3 is 14.5 Å². The number of carbonyl (C=O) groups is 2. The standard InChI is InChI=1S/C21H20ClN3O3/c1-15(28-19-8-2-16(14-23)3-9-19)20(26)24-10-12-25(13-11-24)21(27)17-4-6-18(22)7-5-17/h2-9,15H,10-13H2,1H3. The van der Waals surface area contributed by atoms with Gasteiger partial charge in [-0.05, 0) is 55.5 Å². The lowest BCUT2D eigenvalue weighted by molar-refractivity contribution is -0.139. The van der Waals surface area contributed by atoms with E-state index >= 15 is 0 Å². The van der Waals surface area contributed by atoms with E-state index in [1.54, 1.807) is 65.3 Å². The minimum Gasteiger partial charge on any atom is -0.481 e. The van der Waals surface area contributed by atoms with E-state index in [1.165, 1.54) is 0 Å². The van der Waals surface area contributed by atoms with E-state index in [-0.39, 0.29) is 11.8 Å². The van der Waals surface area contributed by atoms with E-state index in [2.05, 4.69) is 0 Å². The predicted molar refractivity (Wildman–Crippen MR) is 105 cm³/mol. The van der Waals surface area contributed by atoms with E-state index in [4.69, 9.17) is 21.6 Å². The van der Waals surface area contributed by atoms with Gasteiger partial charge in [-0.1, -0.05) is 11.6 Å².